The first-order valence-electron chi connectivity index (χ1n) is 9.42. The molecule has 0 bridgehead atoms. The number of hydrogen-bond acceptors (Lipinski definition) is 3. The van der Waals surface area contributed by atoms with Crippen molar-refractivity contribution < 1.29 is 4.79 Å². The number of amides is 1. The van der Waals surface area contributed by atoms with Gasteiger partial charge in [0.1, 0.15) is 0 Å². The molecule has 0 saturated carbocycles. The molecule has 0 aliphatic carbocycles. The molecule has 2 atom stereocenters. The van der Waals surface area contributed by atoms with Crippen LogP contribution in [0.2, 0.25) is 0 Å². The molecule has 2 unspecified atom stereocenters. The minimum Gasteiger partial charge on any atom is -0.340 e. The fourth-order valence-electron chi connectivity index (χ4n) is 3.56. The van der Waals surface area contributed by atoms with Crippen LogP contribution in [0, 0.1) is 12.8 Å². The van der Waals surface area contributed by atoms with Gasteiger partial charge in [0.15, 0.2) is 0 Å². The van der Waals surface area contributed by atoms with E-state index < -0.39 is 0 Å². The molecule has 1 aliphatic rings. The van der Waals surface area contributed by atoms with E-state index in [-0.39, 0.29) is 17.9 Å². The van der Waals surface area contributed by atoms with Gasteiger partial charge in [0, 0.05) is 38.8 Å². The van der Waals surface area contributed by atoms with E-state index in [1.54, 1.807) is 0 Å². The number of aryl methyl sites for hydroxylation is 1. The number of benzene rings is 2. The molecule has 4 nitrogen and oxygen atoms in total. The van der Waals surface area contributed by atoms with E-state index >= 15 is 0 Å². The summed E-state index contributed by atoms with van der Waals surface area (Å²) in [7, 11) is 0. The third kappa shape index (κ3) is 4.32. The Kier molecular flexibility index (Phi) is 6.07. The molecule has 26 heavy (non-hydrogen) atoms. The maximum absolute atomic E-state index is 12.9. The summed E-state index contributed by atoms with van der Waals surface area (Å²) in [5.41, 5.74) is 10.0. The highest BCUT2D eigenvalue weighted by Gasteiger charge is 2.29. The van der Waals surface area contributed by atoms with Gasteiger partial charge in [-0.05, 0) is 23.6 Å². The number of hydrogen-bond donors (Lipinski definition) is 1. The Labute approximate surface area is 156 Å². The van der Waals surface area contributed by atoms with E-state index in [4.69, 9.17) is 5.73 Å². The van der Waals surface area contributed by atoms with Gasteiger partial charge in [-0.3, -0.25) is 9.69 Å². The van der Waals surface area contributed by atoms with Gasteiger partial charge >= 0.3 is 0 Å². The zero-order valence-electron chi connectivity index (χ0n) is 15.8. The van der Waals surface area contributed by atoms with Gasteiger partial charge in [0.2, 0.25) is 5.91 Å². The number of carbonyl (C=O) groups is 1. The summed E-state index contributed by atoms with van der Waals surface area (Å²) >= 11 is 0. The zero-order valence-corrected chi connectivity index (χ0v) is 15.8. The average molecular weight is 351 g/mol. The summed E-state index contributed by atoms with van der Waals surface area (Å²) < 4.78 is 0. The third-order valence-corrected chi connectivity index (χ3v) is 5.45. The summed E-state index contributed by atoms with van der Waals surface area (Å²) in [6.07, 6.45) is 0. The van der Waals surface area contributed by atoms with Crippen molar-refractivity contribution in [3.63, 3.8) is 0 Å². The van der Waals surface area contributed by atoms with Crippen LogP contribution in [0.1, 0.15) is 29.7 Å². The van der Waals surface area contributed by atoms with E-state index in [1.165, 1.54) is 11.1 Å². The van der Waals surface area contributed by atoms with Gasteiger partial charge in [-0.25, -0.2) is 0 Å². The van der Waals surface area contributed by atoms with Crippen LogP contribution < -0.4 is 5.73 Å². The summed E-state index contributed by atoms with van der Waals surface area (Å²) in [4.78, 5) is 17.3. The predicted octanol–water partition coefficient (Wildman–Crippen LogP) is 2.98. The standard InChI is InChI=1S/C22H29N3O/c1-17-8-6-7-11-20(17)16-24-12-14-25(15-13-24)22(26)18(2)21(23)19-9-4-3-5-10-19/h3-11,18,21H,12-16,23H2,1-2H3. The summed E-state index contributed by atoms with van der Waals surface area (Å²) in [6, 6.07) is 18.2. The number of nitrogens with two attached hydrogens (primary N) is 1. The van der Waals surface area contributed by atoms with E-state index in [0.29, 0.717) is 0 Å². The SMILES string of the molecule is Cc1ccccc1CN1CCN(C(=O)C(C)C(N)c2ccccc2)CC1. The molecule has 3 rings (SSSR count). The Morgan fingerprint density at radius 1 is 1.00 bits per heavy atom. The highest BCUT2D eigenvalue weighted by Crippen LogP contribution is 2.22. The van der Waals surface area contributed by atoms with Crippen LogP contribution in [0.3, 0.4) is 0 Å². The van der Waals surface area contributed by atoms with E-state index in [2.05, 4.69) is 36.1 Å². The maximum atomic E-state index is 12.9. The van der Waals surface area contributed by atoms with Gasteiger partial charge in [-0.1, -0.05) is 61.5 Å². The molecule has 138 valence electrons. The topological polar surface area (TPSA) is 49.6 Å². The lowest BCUT2D eigenvalue weighted by atomic mass is 9.94. The molecule has 4 heteroatoms. The molecule has 1 fully saturated rings. The van der Waals surface area contributed by atoms with Crippen LogP contribution in [0.15, 0.2) is 54.6 Å². The van der Waals surface area contributed by atoms with E-state index in [0.717, 1.165) is 38.3 Å². The van der Waals surface area contributed by atoms with Crippen LogP contribution >= 0.6 is 0 Å². The Bertz CT molecular complexity index is 723. The minimum atomic E-state index is -0.256. The molecule has 2 N–H and O–H groups in total. The smallest absolute Gasteiger partial charge is 0.227 e. The largest absolute Gasteiger partial charge is 0.340 e. The van der Waals surface area contributed by atoms with Crippen LogP contribution in [-0.4, -0.2) is 41.9 Å². The van der Waals surface area contributed by atoms with Crippen molar-refractivity contribution in [2.45, 2.75) is 26.4 Å². The quantitative estimate of drug-likeness (QED) is 0.901. The molecule has 2 aromatic rings. The fraction of sp³-hybridized carbons (Fsp3) is 0.409. The van der Waals surface area contributed by atoms with Crippen molar-refractivity contribution in [1.82, 2.24) is 9.80 Å². The summed E-state index contributed by atoms with van der Waals surface area (Å²) in [5, 5.41) is 0. The first-order valence-corrected chi connectivity index (χ1v) is 9.42. The van der Waals surface area contributed by atoms with Crippen molar-refractivity contribution in [3.05, 3.63) is 71.3 Å². The third-order valence-electron chi connectivity index (χ3n) is 5.45. The molecule has 0 spiro atoms. The molecule has 0 aromatic heterocycles. The van der Waals surface area contributed by atoms with Crippen LogP contribution in [0.5, 0.6) is 0 Å². The molecule has 2 aromatic carbocycles. The lowest BCUT2D eigenvalue weighted by Gasteiger charge is -2.37. The highest BCUT2D eigenvalue weighted by atomic mass is 16.2. The molecular formula is C22H29N3O. The maximum Gasteiger partial charge on any atom is 0.227 e. The van der Waals surface area contributed by atoms with Gasteiger partial charge in [-0.15, -0.1) is 0 Å². The van der Waals surface area contributed by atoms with Crippen molar-refractivity contribution in [1.29, 1.82) is 0 Å². The molecule has 1 heterocycles. The lowest BCUT2D eigenvalue weighted by molar-refractivity contribution is -0.137. The van der Waals surface area contributed by atoms with Crippen LogP contribution in [0.4, 0.5) is 0 Å². The van der Waals surface area contributed by atoms with E-state index in [1.807, 2.05) is 42.2 Å². The number of piperazine rings is 1. The second-order valence-corrected chi connectivity index (χ2v) is 7.25. The number of rotatable bonds is 5. The van der Waals surface area contributed by atoms with Crippen molar-refractivity contribution >= 4 is 5.91 Å². The normalized spacial score (nSPS) is 17.7. The monoisotopic (exact) mass is 351 g/mol. The Morgan fingerprint density at radius 3 is 2.27 bits per heavy atom. The first-order chi connectivity index (χ1) is 12.6. The Hall–Kier alpha value is -2.17. The van der Waals surface area contributed by atoms with Crippen LogP contribution in [-0.2, 0) is 11.3 Å². The van der Waals surface area contributed by atoms with Gasteiger partial charge < -0.3 is 10.6 Å². The number of carbonyl (C=O) groups excluding carboxylic acids is 1. The zero-order chi connectivity index (χ0) is 18.5. The second kappa shape index (κ2) is 8.47. The predicted molar refractivity (Wildman–Crippen MR) is 106 cm³/mol. The second-order valence-electron chi connectivity index (χ2n) is 7.25. The van der Waals surface area contributed by atoms with Gasteiger partial charge in [-0.2, -0.15) is 0 Å². The van der Waals surface area contributed by atoms with Crippen molar-refractivity contribution in [3.8, 4) is 0 Å². The average Bonchev–Trinajstić information content (AvgIpc) is 2.69. The molecule has 1 aliphatic heterocycles. The summed E-state index contributed by atoms with van der Waals surface area (Å²) in [5.74, 6) is -0.0442. The summed E-state index contributed by atoms with van der Waals surface area (Å²) in [6.45, 7) is 8.42. The molecular weight excluding hydrogens is 322 g/mol. The Morgan fingerprint density at radius 2 is 1.62 bits per heavy atom. The first kappa shape index (κ1) is 18.6. The van der Waals surface area contributed by atoms with Gasteiger partial charge in [0.05, 0.1) is 5.92 Å². The van der Waals surface area contributed by atoms with E-state index in [9.17, 15) is 4.79 Å². The van der Waals surface area contributed by atoms with Gasteiger partial charge in [0.25, 0.3) is 0 Å². The molecule has 1 amide bonds. The number of nitrogens with zero attached hydrogens (tertiary/aromatic N) is 2. The van der Waals surface area contributed by atoms with Crippen molar-refractivity contribution in [2.24, 2.45) is 11.7 Å². The minimum absolute atomic E-state index is 0.164. The van der Waals surface area contributed by atoms with Crippen molar-refractivity contribution in [2.75, 3.05) is 26.2 Å². The highest BCUT2D eigenvalue weighted by molar-refractivity contribution is 5.79. The van der Waals surface area contributed by atoms with Crippen LogP contribution in [0.25, 0.3) is 0 Å². The lowest BCUT2D eigenvalue weighted by Crippen LogP contribution is -2.50. The Balaban J connectivity index is 1.54. The molecule has 0 radical (unpaired) electrons. The fourth-order valence-corrected chi connectivity index (χ4v) is 3.56. The molecule has 1 saturated heterocycles.